The number of rotatable bonds is 2. The summed E-state index contributed by atoms with van der Waals surface area (Å²) in [5, 5.41) is 9.41. The van der Waals surface area contributed by atoms with E-state index in [1.807, 2.05) is 0 Å². The van der Waals surface area contributed by atoms with Crippen molar-refractivity contribution in [3.63, 3.8) is 0 Å². The van der Waals surface area contributed by atoms with E-state index in [1.54, 1.807) is 18.3 Å². The number of amides is 1. The lowest BCUT2D eigenvalue weighted by Crippen LogP contribution is -2.12. The van der Waals surface area contributed by atoms with Gasteiger partial charge in [-0.25, -0.2) is 4.98 Å². The molecule has 2 heterocycles. The van der Waals surface area contributed by atoms with E-state index in [0.29, 0.717) is 16.4 Å². The van der Waals surface area contributed by atoms with Crippen molar-refractivity contribution in [3.8, 4) is 0 Å². The molecule has 2 rings (SSSR count). The third-order valence-corrected chi connectivity index (χ3v) is 1.94. The molecule has 0 aliphatic carbocycles. The van der Waals surface area contributed by atoms with Gasteiger partial charge in [0.25, 0.3) is 5.91 Å². The molecule has 0 atom stereocenters. The van der Waals surface area contributed by atoms with Gasteiger partial charge in [0.2, 0.25) is 0 Å². The van der Waals surface area contributed by atoms with Crippen molar-refractivity contribution in [2.45, 2.75) is 0 Å². The fourth-order valence-electron chi connectivity index (χ4n) is 1.02. The third kappa shape index (κ3) is 2.32. The van der Waals surface area contributed by atoms with E-state index < -0.39 is 0 Å². The molecule has 2 aromatic rings. The minimum Gasteiger partial charge on any atom is -0.318 e. The summed E-state index contributed by atoms with van der Waals surface area (Å²) >= 11 is 5.65. The molecule has 0 spiro atoms. The van der Waals surface area contributed by atoms with Crippen LogP contribution in [0.5, 0.6) is 0 Å². The average molecular weight is 223 g/mol. The van der Waals surface area contributed by atoms with Crippen LogP contribution < -0.4 is 5.32 Å². The van der Waals surface area contributed by atoms with Crippen LogP contribution in [0.25, 0.3) is 0 Å². The molecule has 0 fully saturated rings. The first-order valence-electron chi connectivity index (χ1n) is 4.17. The largest absolute Gasteiger partial charge is 0.318 e. The molecule has 15 heavy (non-hydrogen) atoms. The number of nitrogens with one attached hydrogen (secondary N) is 2. The number of halogens is 1. The van der Waals surface area contributed by atoms with E-state index in [9.17, 15) is 4.79 Å². The number of H-pyrrole nitrogens is 1. The lowest BCUT2D eigenvalue weighted by Gasteiger charge is -2.00. The monoisotopic (exact) mass is 222 g/mol. The molecule has 0 radical (unpaired) electrons. The van der Waals surface area contributed by atoms with Crippen LogP contribution in [0.2, 0.25) is 5.02 Å². The number of carbonyl (C=O) groups is 1. The fraction of sp³-hybridized carbons (Fsp3) is 0. The second kappa shape index (κ2) is 4.10. The SMILES string of the molecule is O=C(Nc1cn[nH]c1)c1ccc(Cl)cn1. The van der Waals surface area contributed by atoms with Gasteiger partial charge in [0, 0.05) is 12.4 Å². The molecular weight excluding hydrogens is 216 g/mol. The highest BCUT2D eigenvalue weighted by Crippen LogP contribution is 2.08. The van der Waals surface area contributed by atoms with Gasteiger partial charge < -0.3 is 5.32 Å². The predicted octanol–water partition coefficient (Wildman–Crippen LogP) is 1.71. The maximum absolute atomic E-state index is 11.6. The first-order chi connectivity index (χ1) is 7.25. The van der Waals surface area contributed by atoms with Crippen LogP contribution in [0.3, 0.4) is 0 Å². The van der Waals surface area contributed by atoms with Crippen LogP contribution >= 0.6 is 11.6 Å². The summed E-state index contributed by atoms with van der Waals surface area (Å²) in [5.74, 6) is -0.298. The van der Waals surface area contributed by atoms with E-state index in [-0.39, 0.29) is 5.91 Å². The highest BCUT2D eigenvalue weighted by molar-refractivity contribution is 6.30. The molecule has 6 heteroatoms. The average Bonchev–Trinajstić information content (AvgIpc) is 2.71. The summed E-state index contributed by atoms with van der Waals surface area (Å²) in [5.41, 5.74) is 0.900. The van der Waals surface area contributed by atoms with Crippen molar-refractivity contribution < 1.29 is 4.79 Å². The number of nitrogens with zero attached hydrogens (tertiary/aromatic N) is 2. The number of carbonyl (C=O) groups excluding carboxylic acids is 1. The number of hydrogen-bond donors (Lipinski definition) is 2. The smallest absolute Gasteiger partial charge is 0.274 e. The molecule has 5 nitrogen and oxygen atoms in total. The Kier molecular flexibility index (Phi) is 2.64. The molecule has 0 aliphatic rings. The van der Waals surface area contributed by atoms with Crippen LogP contribution in [0, 0.1) is 0 Å². The second-order valence-electron chi connectivity index (χ2n) is 2.80. The molecule has 1 amide bonds. The van der Waals surface area contributed by atoms with Crippen LogP contribution in [0.1, 0.15) is 10.5 Å². The number of pyridine rings is 1. The van der Waals surface area contributed by atoms with Gasteiger partial charge in [0.05, 0.1) is 16.9 Å². The van der Waals surface area contributed by atoms with Crippen LogP contribution in [-0.4, -0.2) is 21.1 Å². The molecule has 0 saturated carbocycles. The molecular formula is C9H7ClN4O. The molecule has 0 bridgehead atoms. The Morgan fingerprint density at radius 3 is 2.87 bits per heavy atom. The topological polar surface area (TPSA) is 70.7 Å². The molecule has 2 N–H and O–H groups in total. The number of aromatic nitrogens is 3. The van der Waals surface area contributed by atoms with Crippen LogP contribution in [0.15, 0.2) is 30.7 Å². The van der Waals surface area contributed by atoms with Gasteiger partial charge in [-0.05, 0) is 12.1 Å². The van der Waals surface area contributed by atoms with Gasteiger partial charge in [0.1, 0.15) is 5.69 Å². The Balaban J connectivity index is 2.11. The zero-order chi connectivity index (χ0) is 10.7. The summed E-state index contributed by atoms with van der Waals surface area (Å²) in [7, 11) is 0. The van der Waals surface area contributed by atoms with Crippen molar-refractivity contribution in [2.24, 2.45) is 0 Å². The zero-order valence-corrected chi connectivity index (χ0v) is 8.32. The lowest BCUT2D eigenvalue weighted by molar-refractivity contribution is 0.102. The number of aromatic amines is 1. The minimum absolute atomic E-state index is 0.298. The number of hydrogen-bond acceptors (Lipinski definition) is 3. The zero-order valence-electron chi connectivity index (χ0n) is 7.57. The predicted molar refractivity (Wildman–Crippen MR) is 55.8 cm³/mol. The van der Waals surface area contributed by atoms with Gasteiger partial charge in [-0.3, -0.25) is 9.89 Å². The first-order valence-corrected chi connectivity index (χ1v) is 4.55. The first kappa shape index (κ1) is 9.67. The van der Waals surface area contributed by atoms with E-state index in [2.05, 4.69) is 20.5 Å². The van der Waals surface area contributed by atoms with Crippen molar-refractivity contribution >= 4 is 23.2 Å². The molecule has 76 valence electrons. The van der Waals surface area contributed by atoms with Crippen molar-refractivity contribution in [3.05, 3.63) is 41.4 Å². The van der Waals surface area contributed by atoms with Crippen LogP contribution in [-0.2, 0) is 0 Å². The summed E-state index contributed by atoms with van der Waals surface area (Å²) < 4.78 is 0. The Morgan fingerprint density at radius 2 is 2.27 bits per heavy atom. The Hall–Kier alpha value is -1.88. The molecule has 0 aliphatic heterocycles. The number of anilines is 1. The molecule has 2 aromatic heterocycles. The second-order valence-corrected chi connectivity index (χ2v) is 3.24. The van der Waals surface area contributed by atoms with Gasteiger partial charge >= 0.3 is 0 Å². The van der Waals surface area contributed by atoms with E-state index in [4.69, 9.17) is 11.6 Å². The maximum atomic E-state index is 11.6. The lowest BCUT2D eigenvalue weighted by atomic mass is 10.3. The minimum atomic E-state index is -0.298. The van der Waals surface area contributed by atoms with Crippen molar-refractivity contribution in [1.29, 1.82) is 0 Å². The van der Waals surface area contributed by atoms with Gasteiger partial charge in [-0.2, -0.15) is 5.10 Å². The highest BCUT2D eigenvalue weighted by Gasteiger charge is 2.07. The Bertz CT molecular complexity index is 451. The standard InChI is InChI=1S/C9H7ClN4O/c10-6-1-2-8(11-3-6)9(15)14-7-4-12-13-5-7/h1-5H,(H,12,13)(H,14,15). The van der Waals surface area contributed by atoms with E-state index >= 15 is 0 Å². The van der Waals surface area contributed by atoms with E-state index in [0.717, 1.165) is 0 Å². The third-order valence-electron chi connectivity index (χ3n) is 1.72. The van der Waals surface area contributed by atoms with Crippen LogP contribution in [0.4, 0.5) is 5.69 Å². The van der Waals surface area contributed by atoms with Gasteiger partial charge in [-0.15, -0.1) is 0 Å². The summed E-state index contributed by atoms with van der Waals surface area (Å²) in [4.78, 5) is 15.4. The Morgan fingerprint density at radius 1 is 1.40 bits per heavy atom. The molecule has 0 unspecified atom stereocenters. The van der Waals surface area contributed by atoms with Crippen molar-refractivity contribution in [2.75, 3.05) is 5.32 Å². The summed E-state index contributed by atoms with van der Waals surface area (Å²) in [6.45, 7) is 0. The maximum Gasteiger partial charge on any atom is 0.274 e. The molecule has 0 aromatic carbocycles. The normalized spacial score (nSPS) is 9.93. The van der Waals surface area contributed by atoms with E-state index in [1.165, 1.54) is 12.4 Å². The summed E-state index contributed by atoms with van der Waals surface area (Å²) in [6, 6.07) is 3.16. The Labute approximate surface area is 90.5 Å². The quantitative estimate of drug-likeness (QED) is 0.813. The van der Waals surface area contributed by atoms with Gasteiger partial charge in [-0.1, -0.05) is 11.6 Å². The summed E-state index contributed by atoms with van der Waals surface area (Å²) in [6.07, 6.45) is 4.51. The highest BCUT2D eigenvalue weighted by atomic mass is 35.5. The van der Waals surface area contributed by atoms with Crippen molar-refractivity contribution in [1.82, 2.24) is 15.2 Å². The van der Waals surface area contributed by atoms with Gasteiger partial charge in [0.15, 0.2) is 0 Å². The molecule has 0 saturated heterocycles. The fourth-order valence-corrected chi connectivity index (χ4v) is 1.14.